The average Bonchev–Trinajstić information content (AvgIpc) is 2.41. The van der Waals surface area contributed by atoms with Crippen molar-refractivity contribution in [2.75, 3.05) is 0 Å². The van der Waals surface area contributed by atoms with Crippen LogP contribution >= 0.6 is 0 Å². The summed E-state index contributed by atoms with van der Waals surface area (Å²) >= 11 is 0. The van der Waals surface area contributed by atoms with Gasteiger partial charge < -0.3 is 0 Å². The number of hydrogen-bond acceptors (Lipinski definition) is 0. The first-order valence-corrected chi connectivity index (χ1v) is 9.37. The lowest BCUT2D eigenvalue weighted by molar-refractivity contribution is 0.576. The summed E-state index contributed by atoms with van der Waals surface area (Å²) in [6.07, 6.45) is 10.7. The van der Waals surface area contributed by atoms with E-state index < -0.39 is 0 Å². The molecule has 0 unspecified atom stereocenters. The van der Waals surface area contributed by atoms with Gasteiger partial charge in [0.2, 0.25) is 0 Å². The highest BCUT2D eigenvalue weighted by atomic mass is 13.9. The van der Waals surface area contributed by atoms with E-state index in [0.29, 0.717) is 0 Å². The van der Waals surface area contributed by atoms with Crippen molar-refractivity contribution in [3.8, 4) is 0 Å². The van der Waals surface area contributed by atoms with Crippen molar-refractivity contribution < 1.29 is 0 Å². The van der Waals surface area contributed by atoms with Crippen molar-refractivity contribution in [2.24, 2.45) is 11.8 Å². The molecular weight excluding hydrogens is 324 g/mol. The predicted molar refractivity (Wildman–Crippen MR) is 148 cm³/mol. The Morgan fingerprint density at radius 3 is 0.667 bits per heavy atom. The quantitative estimate of drug-likeness (QED) is 0.415. The van der Waals surface area contributed by atoms with Gasteiger partial charge in [-0.2, -0.15) is 0 Å². The molecule has 184 valence electrons. The number of unbranched alkanes of at least 4 members (excludes halogenated alkanes) is 3. The number of hydrogen-bond donors (Lipinski definition) is 0. The lowest BCUT2D eigenvalue weighted by Gasteiger charge is -1.95. The molecule has 0 amide bonds. The predicted octanol–water partition coefficient (Wildman–Crippen LogP) is 13.0. The van der Waals surface area contributed by atoms with Gasteiger partial charge in [0.25, 0.3) is 0 Å². The van der Waals surface area contributed by atoms with Crippen LogP contribution in [-0.2, 0) is 0 Å². The molecule has 0 N–H and O–H groups in total. The van der Waals surface area contributed by atoms with Gasteiger partial charge in [0, 0.05) is 0 Å². The van der Waals surface area contributed by atoms with Crippen LogP contribution in [0, 0.1) is 11.8 Å². The van der Waals surface area contributed by atoms with E-state index in [1.54, 1.807) is 0 Å². The Hall–Kier alpha value is 0. The zero-order valence-electron chi connectivity index (χ0n) is 16.8. The molecule has 0 fully saturated rings. The molecule has 0 aromatic carbocycles. The zero-order chi connectivity index (χ0) is 16.8. The van der Waals surface area contributed by atoms with Gasteiger partial charge in [-0.15, -0.1) is 0 Å². The zero-order valence-corrected chi connectivity index (χ0v) is 16.8. The van der Waals surface area contributed by atoms with Crippen molar-refractivity contribution >= 4 is 0 Å². The van der Waals surface area contributed by atoms with Crippen molar-refractivity contribution in [2.45, 2.75) is 173 Å². The lowest BCUT2D eigenvalue weighted by atomic mass is 10.1. The monoisotopic (exact) mass is 401 g/mol. The third-order valence-corrected chi connectivity index (χ3v) is 2.89. The third-order valence-electron chi connectivity index (χ3n) is 2.89. The van der Waals surface area contributed by atoms with E-state index in [4.69, 9.17) is 0 Å². The molecule has 0 aromatic rings. The molecule has 0 radical (unpaired) electrons. The van der Waals surface area contributed by atoms with E-state index >= 15 is 0 Å². The molecule has 0 aliphatic rings. The Morgan fingerprint density at radius 1 is 0.407 bits per heavy atom. The first-order valence-electron chi connectivity index (χ1n) is 9.37. The SMILES string of the molecule is C.C.C.C.C.C.C.CCC(C)C.CCCC.CCCC(C)C.CCCCC. The molecule has 0 rings (SSSR count). The fraction of sp³-hybridized carbons (Fsp3) is 1.00. The molecule has 0 saturated heterocycles. The van der Waals surface area contributed by atoms with Crippen LogP contribution in [0.15, 0.2) is 0 Å². The van der Waals surface area contributed by atoms with E-state index in [2.05, 4.69) is 69.2 Å². The second-order valence-corrected chi connectivity index (χ2v) is 6.34. The molecule has 0 atom stereocenters. The minimum atomic E-state index is 0. The molecule has 0 spiro atoms. The molecule has 0 nitrogen and oxygen atoms in total. The van der Waals surface area contributed by atoms with E-state index in [9.17, 15) is 0 Å². The fourth-order valence-electron chi connectivity index (χ4n) is 0.931. The first kappa shape index (κ1) is 71.3. The van der Waals surface area contributed by atoms with Crippen molar-refractivity contribution in [3.05, 3.63) is 0 Å². The Labute approximate surface area is 184 Å². The molecule has 0 bridgehead atoms. The van der Waals surface area contributed by atoms with E-state index in [-0.39, 0.29) is 52.0 Å². The summed E-state index contributed by atoms with van der Waals surface area (Å²) in [4.78, 5) is 0. The topological polar surface area (TPSA) is 0 Å². The Balaban J connectivity index is -0.0000000130. The third kappa shape index (κ3) is 234. The molecule has 27 heavy (non-hydrogen) atoms. The molecule has 0 aromatic heterocycles. The van der Waals surface area contributed by atoms with Crippen LogP contribution in [0.2, 0.25) is 0 Å². The average molecular weight is 401 g/mol. The standard InChI is InChI=1S/C6H14.2C5H12.C4H10.7CH4/c1-4-5-6(2)3;1-4-5(2)3;1-3-5-4-2;1-3-4-2;;;;;;;/h6H,4-5H2,1-3H3;5H,4H2,1-3H3;3-5H2,1-2H3;3-4H2,1-2H3;7*1H4. The van der Waals surface area contributed by atoms with Crippen LogP contribution in [0.25, 0.3) is 0 Å². The van der Waals surface area contributed by atoms with Crippen molar-refractivity contribution in [3.63, 3.8) is 0 Å². The second-order valence-electron chi connectivity index (χ2n) is 6.34. The maximum absolute atomic E-state index is 2.25. The summed E-state index contributed by atoms with van der Waals surface area (Å²) in [5.41, 5.74) is 0. The number of rotatable bonds is 6. The normalized spacial score (nSPS) is 6.67. The summed E-state index contributed by atoms with van der Waals surface area (Å²) in [5.74, 6) is 1.78. The van der Waals surface area contributed by atoms with Gasteiger partial charge in [-0.3, -0.25) is 0 Å². The van der Waals surface area contributed by atoms with E-state index in [0.717, 1.165) is 11.8 Å². The molecule has 0 heterocycles. The summed E-state index contributed by atoms with van der Waals surface area (Å²) in [7, 11) is 0. The van der Waals surface area contributed by atoms with Gasteiger partial charge >= 0.3 is 0 Å². The molecule has 0 aliphatic heterocycles. The first-order chi connectivity index (χ1) is 9.37. The highest BCUT2D eigenvalue weighted by Crippen LogP contribution is 2.00. The largest absolute Gasteiger partial charge is 0.0776 e. The fourth-order valence-corrected chi connectivity index (χ4v) is 0.931. The second kappa shape index (κ2) is 82.9. The van der Waals surface area contributed by atoms with Crippen LogP contribution < -0.4 is 0 Å². The Kier molecular flexibility index (Phi) is 219. The summed E-state index contributed by atoms with van der Waals surface area (Å²) < 4.78 is 0. The molecule has 0 saturated carbocycles. The van der Waals surface area contributed by atoms with Gasteiger partial charge in [0.1, 0.15) is 0 Å². The van der Waals surface area contributed by atoms with Crippen LogP contribution in [0.1, 0.15) is 173 Å². The van der Waals surface area contributed by atoms with Gasteiger partial charge in [-0.25, -0.2) is 0 Å². The maximum atomic E-state index is 2.25. The highest BCUT2D eigenvalue weighted by molar-refractivity contribution is 4.38. The van der Waals surface area contributed by atoms with Crippen molar-refractivity contribution in [1.82, 2.24) is 0 Å². The van der Waals surface area contributed by atoms with Crippen LogP contribution in [0.5, 0.6) is 0 Å². The Morgan fingerprint density at radius 2 is 0.667 bits per heavy atom. The van der Waals surface area contributed by atoms with Gasteiger partial charge in [-0.05, 0) is 11.8 Å². The molecule has 0 aliphatic carbocycles. The molecular formula is C27H76. The van der Waals surface area contributed by atoms with E-state index in [1.165, 1.54) is 51.4 Å². The van der Waals surface area contributed by atoms with Gasteiger partial charge in [0.05, 0.1) is 0 Å². The van der Waals surface area contributed by atoms with Crippen LogP contribution in [0.4, 0.5) is 0 Å². The van der Waals surface area contributed by atoms with Gasteiger partial charge in [0.15, 0.2) is 0 Å². The van der Waals surface area contributed by atoms with Crippen LogP contribution in [-0.4, -0.2) is 0 Å². The minimum Gasteiger partial charge on any atom is -0.0776 e. The maximum Gasteiger partial charge on any atom is -0.0471 e. The summed E-state index contributed by atoms with van der Waals surface area (Å²) in [5, 5.41) is 0. The van der Waals surface area contributed by atoms with Gasteiger partial charge in [-0.1, -0.05) is 173 Å². The summed E-state index contributed by atoms with van der Waals surface area (Å²) in [6, 6.07) is 0. The summed E-state index contributed by atoms with van der Waals surface area (Å²) in [6.45, 7) is 22.2. The molecule has 0 heteroatoms. The van der Waals surface area contributed by atoms with Crippen LogP contribution in [0.3, 0.4) is 0 Å². The minimum absolute atomic E-state index is 0. The smallest absolute Gasteiger partial charge is 0.0471 e. The van der Waals surface area contributed by atoms with E-state index in [1.807, 2.05) is 0 Å². The lowest BCUT2D eigenvalue weighted by Crippen LogP contribution is -1.81. The van der Waals surface area contributed by atoms with Crippen molar-refractivity contribution in [1.29, 1.82) is 0 Å². The highest BCUT2D eigenvalue weighted by Gasteiger charge is 1.85. The Bertz CT molecular complexity index is 98.6.